The lowest BCUT2D eigenvalue weighted by molar-refractivity contribution is -0.150. The summed E-state index contributed by atoms with van der Waals surface area (Å²) < 4.78 is 12.4. The van der Waals surface area contributed by atoms with Crippen LogP contribution in [-0.4, -0.2) is 33.9 Å². The van der Waals surface area contributed by atoms with E-state index in [1.807, 2.05) is 34.6 Å². The molecule has 26 heavy (non-hydrogen) atoms. The van der Waals surface area contributed by atoms with Crippen LogP contribution in [0.3, 0.4) is 0 Å². The van der Waals surface area contributed by atoms with Crippen molar-refractivity contribution in [3.8, 4) is 0 Å². The molecule has 0 amide bonds. The summed E-state index contributed by atoms with van der Waals surface area (Å²) in [5.74, 6) is -0.196. The van der Waals surface area contributed by atoms with Gasteiger partial charge in [-0.15, -0.1) is 0 Å². The maximum atomic E-state index is 12.9. The number of rotatable bonds is 6. The summed E-state index contributed by atoms with van der Waals surface area (Å²) in [4.78, 5) is 25.1. The largest absolute Gasteiger partial charge is 0.462 e. The van der Waals surface area contributed by atoms with E-state index in [1.165, 1.54) is 6.20 Å². The molecule has 0 spiro atoms. The average molecular weight is 363 g/mol. The SMILES string of the molecule is CCCC1=C(C(=O)OC(C)(C)C)C(CC)n2ncc(C(=O)OCC)c2N1. The lowest BCUT2D eigenvalue weighted by Gasteiger charge is -2.31. The molecular weight excluding hydrogens is 334 g/mol. The highest BCUT2D eigenvalue weighted by Crippen LogP contribution is 2.37. The highest BCUT2D eigenvalue weighted by molar-refractivity contribution is 5.97. The van der Waals surface area contributed by atoms with Crippen LogP contribution >= 0.6 is 0 Å². The monoisotopic (exact) mass is 363 g/mol. The quantitative estimate of drug-likeness (QED) is 0.774. The molecule has 0 radical (unpaired) electrons. The molecule has 0 bridgehead atoms. The van der Waals surface area contributed by atoms with E-state index in [-0.39, 0.29) is 12.0 Å². The zero-order valence-corrected chi connectivity index (χ0v) is 16.5. The van der Waals surface area contributed by atoms with Crippen LogP contribution in [0.25, 0.3) is 0 Å². The molecule has 0 saturated carbocycles. The minimum Gasteiger partial charge on any atom is -0.462 e. The van der Waals surface area contributed by atoms with Gasteiger partial charge in [0.25, 0.3) is 0 Å². The third kappa shape index (κ3) is 4.08. The molecule has 2 rings (SSSR count). The Labute approximate surface area is 154 Å². The Morgan fingerprint density at radius 1 is 1.23 bits per heavy atom. The minimum atomic E-state index is -0.583. The van der Waals surface area contributed by atoms with Crippen LogP contribution < -0.4 is 5.32 Å². The Morgan fingerprint density at radius 3 is 2.46 bits per heavy atom. The summed E-state index contributed by atoms with van der Waals surface area (Å²) in [6, 6.07) is -0.286. The fraction of sp³-hybridized carbons (Fsp3) is 0.632. The molecule has 1 aromatic heterocycles. The van der Waals surface area contributed by atoms with Gasteiger partial charge in [0.15, 0.2) is 0 Å². The van der Waals surface area contributed by atoms with Gasteiger partial charge in [0.1, 0.15) is 17.0 Å². The molecule has 1 aromatic rings. The van der Waals surface area contributed by atoms with Crippen molar-refractivity contribution in [3.05, 3.63) is 23.0 Å². The van der Waals surface area contributed by atoms with Crippen molar-refractivity contribution in [1.29, 1.82) is 0 Å². The predicted molar refractivity (Wildman–Crippen MR) is 98.9 cm³/mol. The van der Waals surface area contributed by atoms with Gasteiger partial charge in [-0.25, -0.2) is 14.3 Å². The molecule has 0 aromatic carbocycles. The fourth-order valence-electron chi connectivity index (χ4n) is 3.03. The number of carbonyl (C=O) groups is 2. The van der Waals surface area contributed by atoms with Gasteiger partial charge >= 0.3 is 11.9 Å². The topological polar surface area (TPSA) is 82.5 Å². The van der Waals surface area contributed by atoms with Gasteiger partial charge in [-0.1, -0.05) is 20.3 Å². The summed E-state index contributed by atoms with van der Waals surface area (Å²) in [5, 5.41) is 7.59. The minimum absolute atomic E-state index is 0.286. The van der Waals surface area contributed by atoms with Crippen LogP contribution in [0.15, 0.2) is 17.5 Å². The van der Waals surface area contributed by atoms with Gasteiger partial charge in [0.2, 0.25) is 0 Å². The molecule has 7 heteroatoms. The van der Waals surface area contributed by atoms with Gasteiger partial charge in [0.05, 0.1) is 24.4 Å². The molecule has 1 N–H and O–H groups in total. The molecule has 1 unspecified atom stereocenters. The van der Waals surface area contributed by atoms with Crippen LogP contribution in [0.1, 0.15) is 77.2 Å². The zero-order chi connectivity index (χ0) is 19.5. The first-order chi connectivity index (χ1) is 12.2. The van der Waals surface area contributed by atoms with Crippen molar-refractivity contribution in [2.75, 3.05) is 11.9 Å². The number of esters is 2. The summed E-state index contributed by atoms with van der Waals surface area (Å²) in [6.07, 6.45) is 3.68. The molecule has 144 valence electrons. The van der Waals surface area contributed by atoms with E-state index >= 15 is 0 Å². The number of hydrogen-bond donors (Lipinski definition) is 1. The highest BCUT2D eigenvalue weighted by atomic mass is 16.6. The first-order valence-electron chi connectivity index (χ1n) is 9.21. The summed E-state index contributed by atoms with van der Waals surface area (Å²) in [7, 11) is 0. The van der Waals surface area contributed by atoms with Gasteiger partial charge in [0, 0.05) is 5.70 Å². The smallest absolute Gasteiger partial charge is 0.343 e. The van der Waals surface area contributed by atoms with Crippen LogP contribution in [0, 0.1) is 0 Å². The first kappa shape index (κ1) is 20.0. The molecule has 1 aliphatic rings. The molecule has 1 atom stereocenters. The maximum absolute atomic E-state index is 12.9. The van der Waals surface area contributed by atoms with Gasteiger partial charge in [-0.05, 0) is 40.5 Å². The van der Waals surface area contributed by atoms with E-state index in [9.17, 15) is 9.59 Å². The average Bonchev–Trinajstić information content (AvgIpc) is 2.96. The van der Waals surface area contributed by atoms with Gasteiger partial charge < -0.3 is 14.8 Å². The Morgan fingerprint density at radius 2 is 1.92 bits per heavy atom. The molecule has 2 heterocycles. The molecule has 0 aliphatic carbocycles. The van der Waals surface area contributed by atoms with Gasteiger partial charge in [-0.3, -0.25) is 0 Å². The highest BCUT2D eigenvalue weighted by Gasteiger charge is 2.36. The number of fused-ring (bicyclic) bond motifs is 1. The second-order valence-corrected chi connectivity index (χ2v) is 7.27. The fourth-order valence-corrected chi connectivity index (χ4v) is 3.03. The second-order valence-electron chi connectivity index (χ2n) is 7.27. The first-order valence-corrected chi connectivity index (χ1v) is 9.21. The van der Waals surface area contributed by atoms with Crippen molar-refractivity contribution in [3.63, 3.8) is 0 Å². The Kier molecular flexibility index (Phi) is 6.10. The second kappa shape index (κ2) is 7.93. The summed E-state index contributed by atoms with van der Waals surface area (Å²) in [6.45, 7) is 11.6. The molecular formula is C19H29N3O4. The number of carbonyl (C=O) groups excluding carboxylic acids is 2. The third-order valence-electron chi connectivity index (χ3n) is 4.02. The zero-order valence-electron chi connectivity index (χ0n) is 16.5. The molecule has 7 nitrogen and oxygen atoms in total. The number of hydrogen-bond acceptors (Lipinski definition) is 6. The lowest BCUT2D eigenvalue weighted by atomic mass is 9.97. The van der Waals surface area contributed by atoms with Crippen LogP contribution in [0.2, 0.25) is 0 Å². The summed E-state index contributed by atoms with van der Waals surface area (Å²) >= 11 is 0. The number of ether oxygens (including phenoxy) is 2. The lowest BCUT2D eigenvalue weighted by Crippen LogP contribution is -2.33. The third-order valence-corrected chi connectivity index (χ3v) is 4.02. The normalized spacial score (nSPS) is 16.8. The van der Waals surface area contributed by atoms with Crippen LogP contribution in [0.4, 0.5) is 5.82 Å². The standard InChI is InChI=1S/C19H29N3O4/c1-7-10-13-15(18(24)26-19(4,5)6)14(8-2)22-16(21-13)12(11-20-22)17(23)25-9-3/h11,14,21H,7-10H2,1-6H3. The maximum Gasteiger partial charge on any atom is 0.343 e. The van der Waals surface area contributed by atoms with E-state index in [2.05, 4.69) is 10.4 Å². The Hall–Kier alpha value is -2.31. The molecule has 0 saturated heterocycles. The van der Waals surface area contributed by atoms with Crippen molar-refractivity contribution < 1.29 is 19.1 Å². The number of nitrogens with zero attached hydrogens (tertiary/aromatic N) is 2. The number of allylic oxidation sites excluding steroid dienone is 1. The Balaban J connectivity index is 2.49. The van der Waals surface area contributed by atoms with E-state index in [0.717, 1.165) is 12.1 Å². The predicted octanol–water partition coefficient (Wildman–Crippen LogP) is 3.83. The number of anilines is 1. The van der Waals surface area contributed by atoms with E-state index in [4.69, 9.17) is 9.47 Å². The van der Waals surface area contributed by atoms with Crippen molar-refractivity contribution in [2.45, 2.75) is 72.4 Å². The number of aromatic nitrogens is 2. The van der Waals surface area contributed by atoms with E-state index in [1.54, 1.807) is 11.6 Å². The number of nitrogens with one attached hydrogen (secondary N) is 1. The van der Waals surface area contributed by atoms with Crippen LogP contribution in [0.5, 0.6) is 0 Å². The van der Waals surface area contributed by atoms with Crippen molar-refractivity contribution in [1.82, 2.24) is 9.78 Å². The molecule has 0 fully saturated rings. The van der Waals surface area contributed by atoms with Gasteiger partial charge in [-0.2, -0.15) is 5.10 Å². The van der Waals surface area contributed by atoms with Crippen molar-refractivity contribution >= 4 is 17.8 Å². The van der Waals surface area contributed by atoms with Crippen LogP contribution in [-0.2, 0) is 14.3 Å². The van der Waals surface area contributed by atoms with Crippen molar-refractivity contribution in [2.24, 2.45) is 0 Å². The molecule has 1 aliphatic heterocycles. The Bertz CT molecular complexity index is 713. The summed E-state index contributed by atoms with van der Waals surface area (Å²) in [5.41, 5.74) is 1.16. The van der Waals surface area contributed by atoms with E-state index < -0.39 is 11.6 Å². The van der Waals surface area contributed by atoms with E-state index in [0.29, 0.717) is 36.4 Å².